The molecule has 0 spiro atoms. The van der Waals surface area contributed by atoms with Gasteiger partial charge in [-0.2, -0.15) is 0 Å². The second-order valence-electron chi connectivity index (χ2n) is 7.82. The van der Waals surface area contributed by atoms with Gasteiger partial charge < -0.3 is 26.6 Å². The lowest BCUT2D eigenvalue weighted by molar-refractivity contribution is -0.105. The molecule has 0 fully saturated rings. The molecule has 6 nitrogen and oxygen atoms in total. The zero-order valence-electron chi connectivity index (χ0n) is 17.8. The lowest BCUT2D eigenvalue weighted by atomic mass is 10.0. The summed E-state index contributed by atoms with van der Waals surface area (Å²) in [5.74, 6) is -0.0250. The smallest absolute Gasteiger partial charge is 0.211 e. The van der Waals surface area contributed by atoms with Gasteiger partial charge in [0.1, 0.15) is 5.75 Å². The molecule has 0 radical (unpaired) electrons. The van der Waals surface area contributed by atoms with E-state index in [0.29, 0.717) is 24.2 Å². The largest absolute Gasteiger partial charge is 0.506 e. The van der Waals surface area contributed by atoms with Crippen LogP contribution in [0.5, 0.6) is 5.75 Å². The van der Waals surface area contributed by atoms with Crippen molar-refractivity contribution >= 4 is 12.1 Å². The number of unbranched alkanes of at least 4 members (excludes halogenated alkanes) is 1. The van der Waals surface area contributed by atoms with Crippen LogP contribution in [0.2, 0.25) is 0 Å². The van der Waals surface area contributed by atoms with Crippen molar-refractivity contribution in [3.63, 3.8) is 0 Å². The molecule has 0 bridgehead atoms. The predicted molar refractivity (Wildman–Crippen MR) is 122 cm³/mol. The van der Waals surface area contributed by atoms with E-state index in [0.717, 1.165) is 45.1 Å². The Morgan fingerprint density at radius 3 is 2.33 bits per heavy atom. The normalized spacial score (nSPS) is 13.0. The number of amides is 1. The third kappa shape index (κ3) is 8.14. The summed E-state index contributed by atoms with van der Waals surface area (Å²) in [4.78, 5) is 10.6. The van der Waals surface area contributed by atoms with Crippen molar-refractivity contribution in [3.05, 3.63) is 59.2 Å². The molecule has 164 valence electrons. The Labute approximate surface area is 179 Å². The van der Waals surface area contributed by atoms with E-state index in [1.807, 2.05) is 0 Å². The van der Waals surface area contributed by atoms with Gasteiger partial charge in [0, 0.05) is 12.6 Å². The molecule has 0 aliphatic heterocycles. The second-order valence-corrected chi connectivity index (χ2v) is 7.82. The SMILES string of the molecule is C[C@@H](CCCc1ccc(CCCCN)cc1)NC[C@H](O)c1ccc(O)c(NC=O)c1. The lowest BCUT2D eigenvalue weighted by Crippen LogP contribution is -2.30. The van der Waals surface area contributed by atoms with E-state index in [1.54, 1.807) is 12.1 Å². The number of hydrogen-bond donors (Lipinski definition) is 5. The van der Waals surface area contributed by atoms with Gasteiger partial charge in [-0.1, -0.05) is 30.3 Å². The summed E-state index contributed by atoms with van der Waals surface area (Å²) < 4.78 is 0. The van der Waals surface area contributed by atoms with Gasteiger partial charge in [-0.3, -0.25) is 4.79 Å². The molecule has 6 heteroatoms. The van der Waals surface area contributed by atoms with Gasteiger partial charge >= 0.3 is 0 Å². The number of anilines is 1. The van der Waals surface area contributed by atoms with Crippen molar-refractivity contribution in [2.45, 2.75) is 57.6 Å². The number of carbonyl (C=O) groups excluding carboxylic acids is 1. The first-order valence-corrected chi connectivity index (χ1v) is 10.8. The highest BCUT2D eigenvalue weighted by Crippen LogP contribution is 2.26. The van der Waals surface area contributed by atoms with Gasteiger partial charge in [-0.25, -0.2) is 0 Å². The Bertz CT molecular complexity index is 765. The molecule has 0 saturated heterocycles. The first-order valence-electron chi connectivity index (χ1n) is 10.8. The Morgan fingerprint density at radius 2 is 1.70 bits per heavy atom. The molecule has 0 aliphatic carbocycles. The van der Waals surface area contributed by atoms with Crippen molar-refractivity contribution in [2.75, 3.05) is 18.4 Å². The zero-order valence-corrected chi connectivity index (χ0v) is 17.8. The summed E-state index contributed by atoms with van der Waals surface area (Å²) >= 11 is 0. The number of phenolic OH excluding ortho intramolecular Hbond substituents is 1. The third-order valence-electron chi connectivity index (χ3n) is 5.32. The third-order valence-corrected chi connectivity index (χ3v) is 5.32. The lowest BCUT2D eigenvalue weighted by Gasteiger charge is -2.18. The number of phenols is 1. The van der Waals surface area contributed by atoms with E-state index in [1.165, 1.54) is 17.2 Å². The second kappa shape index (κ2) is 13.0. The summed E-state index contributed by atoms with van der Waals surface area (Å²) in [6.07, 6.45) is 6.22. The predicted octanol–water partition coefficient (Wildman–Crippen LogP) is 3.28. The average molecular weight is 414 g/mol. The summed E-state index contributed by atoms with van der Waals surface area (Å²) in [6, 6.07) is 13.9. The van der Waals surface area contributed by atoms with Crippen LogP contribution < -0.4 is 16.4 Å². The highest BCUT2D eigenvalue weighted by Gasteiger charge is 2.12. The van der Waals surface area contributed by atoms with E-state index in [9.17, 15) is 15.0 Å². The van der Waals surface area contributed by atoms with E-state index in [4.69, 9.17) is 5.73 Å². The highest BCUT2D eigenvalue weighted by atomic mass is 16.3. The molecular formula is C24H35N3O3. The van der Waals surface area contributed by atoms with Crippen LogP contribution in [0.15, 0.2) is 42.5 Å². The minimum atomic E-state index is -0.716. The number of nitrogens with two attached hydrogens (primary N) is 1. The molecule has 0 heterocycles. The Hall–Kier alpha value is -2.41. The van der Waals surface area contributed by atoms with Gasteiger partial charge in [0.25, 0.3) is 0 Å². The summed E-state index contributed by atoms with van der Waals surface area (Å²) in [5.41, 5.74) is 9.20. The van der Waals surface area contributed by atoms with Crippen molar-refractivity contribution in [3.8, 4) is 5.75 Å². The number of aliphatic hydroxyl groups is 1. The van der Waals surface area contributed by atoms with Gasteiger partial charge in [0.15, 0.2) is 0 Å². The topological polar surface area (TPSA) is 108 Å². The van der Waals surface area contributed by atoms with Crippen molar-refractivity contribution < 1.29 is 15.0 Å². The van der Waals surface area contributed by atoms with Crippen LogP contribution in [0.25, 0.3) is 0 Å². The standard InChI is InChI=1S/C24H35N3O3/c1-18(5-4-7-20-10-8-19(9-11-20)6-2-3-14-25)26-16-24(30)21-12-13-23(29)22(15-21)27-17-28/h8-13,15,17-18,24,26,29-30H,2-7,14,16,25H2,1H3,(H,27,28)/t18-,24-/m0/s1. The van der Waals surface area contributed by atoms with E-state index in [2.05, 4.69) is 41.8 Å². The molecule has 2 atom stereocenters. The van der Waals surface area contributed by atoms with Crippen molar-refractivity contribution in [2.24, 2.45) is 5.73 Å². The van der Waals surface area contributed by atoms with Gasteiger partial charge in [0.05, 0.1) is 11.8 Å². The molecule has 0 unspecified atom stereocenters. The Balaban J connectivity index is 1.70. The molecule has 6 N–H and O–H groups in total. The van der Waals surface area contributed by atoms with Gasteiger partial charge in [-0.05, 0) is 80.8 Å². The number of aliphatic hydroxyl groups excluding tert-OH is 1. The van der Waals surface area contributed by atoms with E-state index >= 15 is 0 Å². The maximum Gasteiger partial charge on any atom is 0.211 e. The molecule has 1 amide bonds. The fourth-order valence-corrected chi connectivity index (χ4v) is 3.43. The van der Waals surface area contributed by atoms with Gasteiger partial charge in [-0.15, -0.1) is 0 Å². The molecule has 0 aliphatic rings. The molecule has 30 heavy (non-hydrogen) atoms. The molecular weight excluding hydrogens is 378 g/mol. The first kappa shape index (κ1) is 23.9. The summed E-state index contributed by atoms with van der Waals surface area (Å²) in [7, 11) is 0. The van der Waals surface area contributed by atoms with Crippen LogP contribution in [0.4, 0.5) is 5.69 Å². The van der Waals surface area contributed by atoms with Gasteiger partial charge in [0.2, 0.25) is 6.41 Å². The number of carbonyl (C=O) groups is 1. The summed E-state index contributed by atoms with van der Waals surface area (Å²) in [5, 5.41) is 25.9. The molecule has 2 aromatic carbocycles. The number of rotatable bonds is 14. The minimum absolute atomic E-state index is 0.0250. The van der Waals surface area contributed by atoms with Crippen molar-refractivity contribution in [1.82, 2.24) is 5.32 Å². The fourth-order valence-electron chi connectivity index (χ4n) is 3.43. The Kier molecular flexibility index (Phi) is 10.3. The van der Waals surface area contributed by atoms with Crippen molar-refractivity contribution in [1.29, 1.82) is 0 Å². The zero-order chi connectivity index (χ0) is 21.8. The highest BCUT2D eigenvalue weighted by molar-refractivity contribution is 5.75. The average Bonchev–Trinajstić information content (AvgIpc) is 2.75. The number of nitrogens with one attached hydrogen (secondary N) is 2. The van der Waals surface area contributed by atoms with Crippen LogP contribution in [-0.4, -0.2) is 35.8 Å². The quantitative estimate of drug-likeness (QED) is 0.186. The molecule has 2 aromatic rings. The van der Waals surface area contributed by atoms with Crippen LogP contribution in [0.1, 0.15) is 55.4 Å². The maximum absolute atomic E-state index is 10.6. The first-order chi connectivity index (χ1) is 14.5. The van der Waals surface area contributed by atoms with E-state index in [-0.39, 0.29) is 11.8 Å². The van der Waals surface area contributed by atoms with E-state index < -0.39 is 6.10 Å². The maximum atomic E-state index is 10.6. The molecule has 0 aromatic heterocycles. The monoisotopic (exact) mass is 413 g/mol. The molecule has 2 rings (SSSR count). The van der Waals surface area contributed by atoms with Crippen LogP contribution in [-0.2, 0) is 17.6 Å². The number of aryl methyl sites for hydroxylation is 2. The minimum Gasteiger partial charge on any atom is -0.506 e. The van der Waals surface area contributed by atoms with Crippen LogP contribution >= 0.6 is 0 Å². The summed E-state index contributed by atoms with van der Waals surface area (Å²) in [6.45, 7) is 3.28. The number of aromatic hydroxyl groups is 1. The number of benzene rings is 2. The number of hydrogen-bond acceptors (Lipinski definition) is 5. The fraction of sp³-hybridized carbons (Fsp3) is 0.458. The van der Waals surface area contributed by atoms with Crippen LogP contribution in [0.3, 0.4) is 0 Å². The molecule has 0 saturated carbocycles. The van der Waals surface area contributed by atoms with Crippen LogP contribution in [0, 0.1) is 0 Å². The Morgan fingerprint density at radius 1 is 1.03 bits per heavy atom.